The zero-order valence-corrected chi connectivity index (χ0v) is 11.0. The van der Waals surface area contributed by atoms with Gasteiger partial charge in [-0.1, -0.05) is 17.7 Å². The van der Waals surface area contributed by atoms with Gasteiger partial charge in [-0.3, -0.25) is 10.1 Å². The molecule has 19 heavy (non-hydrogen) atoms. The smallest absolute Gasteiger partial charge is 0.258 e. The van der Waals surface area contributed by atoms with Gasteiger partial charge in [-0.2, -0.15) is 0 Å². The van der Waals surface area contributed by atoms with Gasteiger partial charge in [0, 0.05) is 17.5 Å². The van der Waals surface area contributed by atoms with Crippen molar-refractivity contribution in [2.45, 2.75) is 0 Å². The molecule has 94 valence electrons. The number of halogens is 1. The molecule has 0 aliphatic heterocycles. The van der Waals surface area contributed by atoms with Gasteiger partial charge in [-0.15, -0.1) is 11.3 Å². The maximum absolute atomic E-state index is 10.8. The predicted octanol–water partition coefficient (Wildman–Crippen LogP) is 3.92. The molecule has 3 aromatic rings. The lowest BCUT2D eigenvalue weighted by Crippen LogP contribution is -1.93. The Morgan fingerprint density at radius 1 is 1.26 bits per heavy atom. The minimum atomic E-state index is -0.458. The van der Waals surface area contributed by atoms with Crippen LogP contribution in [-0.2, 0) is 0 Å². The van der Waals surface area contributed by atoms with Crippen LogP contribution in [0.5, 0.6) is 0 Å². The second-order valence-electron chi connectivity index (χ2n) is 3.77. The van der Waals surface area contributed by atoms with E-state index in [1.54, 1.807) is 6.07 Å². The van der Waals surface area contributed by atoms with Gasteiger partial charge in [0.05, 0.1) is 15.3 Å². The lowest BCUT2D eigenvalue weighted by atomic mass is 10.2. The molecule has 0 amide bonds. The molecular weight excluding hydrogens is 286 g/mol. The normalized spacial score (nSPS) is 10.8. The van der Waals surface area contributed by atoms with Crippen molar-refractivity contribution in [3.63, 3.8) is 0 Å². The Hall–Kier alpha value is -2.05. The van der Waals surface area contributed by atoms with Gasteiger partial charge < -0.3 is 0 Å². The molecule has 5 nitrogen and oxygen atoms in total. The van der Waals surface area contributed by atoms with Crippen molar-refractivity contribution in [1.29, 1.82) is 0 Å². The monoisotopic (exact) mass is 291 g/mol. The fourth-order valence-electron chi connectivity index (χ4n) is 1.71. The van der Waals surface area contributed by atoms with Gasteiger partial charge in [0.25, 0.3) is 5.69 Å². The number of rotatable bonds is 2. The first-order chi connectivity index (χ1) is 9.15. The number of hydrogen-bond acceptors (Lipinski definition) is 5. The number of benzene rings is 1. The van der Waals surface area contributed by atoms with E-state index in [0.717, 1.165) is 4.88 Å². The van der Waals surface area contributed by atoms with E-state index in [-0.39, 0.29) is 5.69 Å². The van der Waals surface area contributed by atoms with Crippen molar-refractivity contribution >= 4 is 39.5 Å². The van der Waals surface area contributed by atoms with Crippen LogP contribution in [-0.4, -0.2) is 14.9 Å². The summed E-state index contributed by atoms with van der Waals surface area (Å²) >= 11 is 7.58. The van der Waals surface area contributed by atoms with Gasteiger partial charge in [0.15, 0.2) is 5.82 Å². The van der Waals surface area contributed by atoms with Crippen LogP contribution in [0.1, 0.15) is 0 Å². The number of nitro groups is 1. The summed E-state index contributed by atoms with van der Waals surface area (Å²) in [6, 6.07) is 8.12. The summed E-state index contributed by atoms with van der Waals surface area (Å²) < 4.78 is 0. The Bertz CT molecular complexity index is 774. The van der Waals surface area contributed by atoms with E-state index in [0.29, 0.717) is 21.9 Å². The van der Waals surface area contributed by atoms with Gasteiger partial charge >= 0.3 is 0 Å². The Balaban J connectivity index is 2.25. The quantitative estimate of drug-likeness (QED) is 0.408. The molecule has 0 aliphatic carbocycles. The van der Waals surface area contributed by atoms with Crippen molar-refractivity contribution in [1.82, 2.24) is 9.97 Å². The molecule has 0 atom stereocenters. The molecule has 0 bridgehead atoms. The van der Waals surface area contributed by atoms with Gasteiger partial charge in [0.1, 0.15) is 5.15 Å². The van der Waals surface area contributed by atoms with Crippen LogP contribution in [0.4, 0.5) is 5.69 Å². The Morgan fingerprint density at radius 3 is 2.79 bits per heavy atom. The number of hydrogen-bond donors (Lipinski definition) is 0. The van der Waals surface area contributed by atoms with Crippen molar-refractivity contribution in [3.05, 3.63) is 51.0 Å². The Labute approximate surface area is 116 Å². The van der Waals surface area contributed by atoms with Crippen LogP contribution >= 0.6 is 22.9 Å². The zero-order valence-electron chi connectivity index (χ0n) is 9.41. The average molecular weight is 292 g/mol. The molecule has 0 unspecified atom stereocenters. The largest absolute Gasteiger partial charge is 0.271 e. The minimum absolute atomic E-state index is 0.0144. The second kappa shape index (κ2) is 4.56. The third kappa shape index (κ3) is 2.16. The second-order valence-corrected chi connectivity index (χ2v) is 5.08. The van der Waals surface area contributed by atoms with Crippen LogP contribution in [0.15, 0.2) is 35.7 Å². The van der Waals surface area contributed by atoms with Crippen molar-refractivity contribution in [2.24, 2.45) is 0 Å². The zero-order chi connectivity index (χ0) is 13.4. The third-order valence-corrected chi connectivity index (χ3v) is 3.74. The molecule has 2 aromatic heterocycles. The fraction of sp³-hybridized carbons (Fsp3) is 0. The number of non-ortho nitro benzene ring substituents is 1. The van der Waals surface area contributed by atoms with E-state index >= 15 is 0 Å². The maximum atomic E-state index is 10.8. The number of fused-ring (bicyclic) bond motifs is 1. The lowest BCUT2D eigenvalue weighted by molar-refractivity contribution is -0.384. The molecule has 2 heterocycles. The van der Waals surface area contributed by atoms with E-state index < -0.39 is 4.92 Å². The molecule has 0 fully saturated rings. The summed E-state index contributed by atoms with van der Waals surface area (Å²) in [7, 11) is 0. The highest BCUT2D eigenvalue weighted by molar-refractivity contribution is 7.13. The number of thiophene rings is 1. The SMILES string of the molecule is O=[N+]([O-])c1ccc2c(Cl)nc(-c3cccs3)nc2c1. The van der Waals surface area contributed by atoms with E-state index in [9.17, 15) is 10.1 Å². The molecule has 0 aliphatic rings. The molecule has 0 saturated carbocycles. The fourth-order valence-corrected chi connectivity index (χ4v) is 2.61. The summed E-state index contributed by atoms with van der Waals surface area (Å²) in [5.41, 5.74) is 0.456. The first kappa shape index (κ1) is 12.0. The molecule has 3 rings (SSSR count). The van der Waals surface area contributed by atoms with Crippen LogP contribution < -0.4 is 0 Å². The molecule has 7 heteroatoms. The highest BCUT2D eigenvalue weighted by Crippen LogP contribution is 2.29. The van der Waals surface area contributed by atoms with Crippen molar-refractivity contribution in [2.75, 3.05) is 0 Å². The first-order valence-corrected chi connectivity index (χ1v) is 6.56. The topological polar surface area (TPSA) is 68.9 Å². The number of nitro benzene ring substituents is 1. The van der Waals surface area contributed by atoms with E-state index in [4.69, 9.17) is 11.6 Å². The molecule has 0 radical (unpaired) electrons. The van der Waals surface area contributed by atoms with Crippen molar-refractivity contribution < 1.29 is 4.92 Å². The van der Waals surface area contributed by atoms with Gasteiger partial charge in [0.2, 0.25) is 0 Å². The summed E-state index contributed by atoms with van der Waals surface area (Å²) in [6.45, 7) is 0. The molecule has 0 N–H and O–H groups in total. The lowest BCUT2D eigenvalue weighted by Gasteiger charge is -2.02. The van der Waals surface area contributed by atoms with Crippen LogP contribution in [0.25, 0.3) is 21.6 Å². The Kier molecular flexibility index (Phi) is 2.88. The number of nitrogens with zero attached hydrogens (tertiary/aromatic N) is 3. The average Bonchev–Trinajstić information content (AvgIpc) is 2.91. The summed E-state index contributed by atoms with van der Waals surface area (Å²) in [5, 5.41) is 13.6. The third-order valence-electron chi connectivity index (χ3n) is 2.59. The number of aromatic nitrogens is 2. The van der Waals surface area contributed by atoms with E-state index in [2.05, 4.69) is 9.97 Å². The Morgan fingerprint density at radius 2 is 2.11 bits per heavy atom. The molecule has 1 aromatic carbocycles. The highest BCUT2D eigenvalue weighted by Gasteiger charge is 2.12. The standard InChI is InChI=1S/C12H6ClN3O2S/c13-11-8-4-3-7(16(17)18)6-9(8)14-12(15-11)10-2-1-5-19-10/h1-6H. The van der Waals surface area contributed by atoms with Gasteiger partial charge in [-0.05, 0) is 17.5 Å². The van der Waals surface area contributed by atoms with Crippen LogP contribution in [0.3, 0.4) is 0 Å². The molecule has 0 spiro atoms. The molecular formula is C12H6ClN3O2S. The van der Waals surface area contributed by atoms with E-state index in [1.807, 2.05) is 17.5 Å². The summed E-state index contributed by atoms with van der Waals surface area (Å²) in [4.78, 5) is 19.7. The highest BCUT2D eigenvalue weighted by atomic mass is 35.5. The summed E-state index contributed by atoms with van der Waals surface area (Å²) in [6.07, 6.45) is 0. The van der Waals surface area contributed by atoms with Crippen molar-refractivity contribution in [3.8, 4) is 10.7 Å². The summed E-state index contributed by atoms with van der Waals surface area (Å²) in [5.74, 6) is 0.480. The maximum Gasteiger partial charge on any atom is 0.271 e. The van der Waals surface area contributed by atoms with E-state index in [1.165, 1.54) is 23.5 Å². The first-order valence-electron chi connectivity index (χ1n) is 5.31. The predicted molar refractivity (Wildman–Crippen MR) is 74.5 cm³/mol. The van der Waals surface area contributed by atoms with Crippen LogP contribution in [0, 0.1) is 10.1 Å². The van der Waals surface area contributed by atoms with Crippen LogP contribution in [0.2, 0.25) is 5.15 Å². The van der Waals surface area contributed by atoms with Gasteiger partial charge in [-0.25, -0.2) is 9.97 Å². The molecule has 0 saturated heterocycles. The minimum Gasteiger partial charge on any atom is -0.258 e.